The van der Waals surface area contributed by atoms with E-state index < -0.39 is 12.1 Å². The highest BCUT2D eigenvalue weighted by Crippen LogP contribution is 2.17. The molecule has 0 aliphatic rings. The Balaban J connectivity index is 3.40. The summed E-state index contributed by atoms with van der Waals surface area (Å²) in [6.07, 6.45) is 74.5. The van der Waals surface area contributed by atoms with Crippen molar-refractivity contribution in [3.05, 3.63) is 36.5 Å². The fourth-order valence-electron chi connectivity index (χ4n) is 9.61. The summed E-state index contributed by atoms with van der Waals surface area (Å²) in [6.45, 7) is 4.93. The fourth-order valence-corrected chi connectivity index (χ4v) is 9.61. The van der Waals surface area contributed by atoms with Gasteiger partial charge in [0, 0.05) is 12.8 Å². The van der Waals surface area contributed by atoms with Crippen LogP contribution in [0.15, 0.2) is 36.5 Å². The van der Waals surface area contributed by atoms with Crippen LogP contribution in [0.3, 0.4) is 0 Å². The van der Waals surface area contributed by atoms with Crippen LogP contribution in [0.5, 0.6) is 0 Å². The minimum atomic E-state index is -0.664. The molecule has 0 radical (unpaired) electrons. The number of rotatable bonds is 58. The minimum absolute atomic E-state index is 0.00175. The number of aliphatic hydroxyl groups is 2. The molecule has 0 saturated carbocycles. The first-order valence-electron chi connectivity index (χ1n) is 31.2. The molecule has 0 aromatic carbocycles. The van der Waals surface area contributed by atoms with Crippen LogP contribution in [0.2, 0.25) is 0 Å². The van der Waals surface area contributed by atoms with Crippen molar-refractivity contribution in [2.24, 2.45) is 0 Å². The summed E-state index contributed by atoms with van der Waals surface area (Å²) in [7, 11) is 0. The van der Waals surface area contributed by atoms with Crippen LogP contribution in [-0.4, -0.2) is 47.4 Å². The van der Waals surface area contributed by atoms with E-state index in [0.29, 0.717) is 25.9 Å². The van der Waals surface area contributed by atoms with Gasteiger partial charge in [-0.05, 0) is 83.5 Å². The van der Waals surface area contributed by atoms with E-state index >= 15 is 0 Å². The van der Waals surface area contributed by atoms with Gasteiger partial charge in [0.2, 0.25) is 5.91 Å². The molecule has 2 unspecified atom stereocenters. The Labute approximate surface area is 436 Å². The van der Waals surface area contributed by atoms with Gasteiger partial charge in [-0.2, -0.15) is 0 Å². The Morgan fingerprint density at radius 1 is 0.400 bits per heavy atom. The third kappa shape index (κ3) is 55.4. The lowest BCUT2D eigenvalue weighted by molar-refractivity contribution is -0.143. The van der Waals surface area contributed by atoms with Crippen molar-refractivity contribution in [1.82, 2.24) is 5.32 Å². The van der Waals surface area contributed by atoms with Crippen LogP contribution >= 0.6 is 0 Å². The lowest BCUT2D eigenvalue weighted by atomic mass is 10.0. The van der Waals surface area contributed by atoms with Crippen molar-refractivity contribution >= 4 is 11.9 Å². The zero-order chi connectivity index (χ0) is 50.7. The molecule has 0 aromatic heterocycles. The molecule has 1 amide bonds. The zero-order valence-electron chi connectivity index (χ0n) is 47.0. The SMILES string of the molecule is CCCCC/C=C\CCCCCCCC(=O)OCCCCCCCCCCC/C=C\C/C=C\CCCCCCCCCCCCCCCC(=O)NC(CO)C(O)CCCCCCCCCCCCCC. The van der Waals surface area contributed by atoms with Gasteiger partial charge in [0.05, 0.1) is 25.4 Å². The second kappa shape index (κ2) is 59.6. The molecule has 6 heteroatoms. The van der Waals surface area contributed by atoms with Crippen LogP contribution in [0.1, 0.15) is 335 Å². The first-order valence-corrected chi connectivity index (χ1v) is 31.2. The molecule has 3 N–H and O–H groups in total. The van der Waals surface area contributed by atoms with E-state index in [-0.39, 0.29) is 18.5 Å². The number of carbonyl (C=O) groups is 2. The van der Waals surface area contributed by atoms with Crippen molar-refractivity contribution in [3.63, 3.8) is 0 Å². The number of hydrogen-bond donors (Lipinski definition) is 3. The number of allylic oxidation sites excluding steroid dienone is 6. The smallest absolute Gasteiger partial charge is 0.305 e. The maximum absolute atomic E-state index is 12.5. The molecular formula is C64H121NO5. The summed E-state index contributed by atoms with van der Waals surface area (Å²) in [5.41, 5.74) is 0. The highest BCUT2D eigenvalue weighted by molar-refractivity contribution is 5.76. The Bertz CT molecular complexity index is 1130. The molecule has 0 aromatic rings. The molecule has 412 valence electrons. The first kappa shape index (κ1) is 68.1. The van der Waals surface area contributed by atoms with Crippen molar-refractivity contribution in [1.29, 1.82) is 0 Å². The Morgan fingerprint density at radius 3 is 1.13 bits per heavy atom. The van der Waals surface area contributed by atoms with Gasteiger partial charge in [-0.15, -0.1) is 0 Å². The number of amides is 1. The largest absolute Gasteiger partial charge is 0.466 e. The summed E-state index contributed by atoms with van der Waals surface area (Å²) in [5.74, 6) is -0.0340. The number of esters is 1. The van der Waals surface area contributed by atoms with Gasteiger partial charge in [-0.1, -0.05) is 275 Å². The average Bonchev–Trinajstić information content (AvgIpc) is 3.36. The van der Waals surface area contributed by atoms with Crippen LogP contribution in [0.4, 0.5) is 0 Å². The van der Waals surface area contributed by atoms with Crippen LogP contribution in [0, 0.1) is 0 Å². The number of ether oxygens (including phenoxy) is 1. The molecule has 0 saturated heterocycles. The Morgan fingerprint density at radius 2 is 0.714 bits per heavy atom. The lowest BCUT2D eigenvalue weighted by Crippen LogP contribution is -2.45. The van der Waals surface area contributed by atoms with Gasteiger partial charge in [0.25, 0.3) is 0 Å². The third-order valence-corrected chi connectivity index (χ3v) is 14.4. The van der Waals surface area contributed by atoms with Gasteiger partial charge in [-0.3, -0.25) is 9.59 Å². The monoisotopic (exact) mass is 984 g/mol. The number of nitrogens with one attached hydrogen (secondary N) is 1. The third-order valence-electron chi connectivity index (χ3n) is 14.4. The van der Waals surface area contributed by atoms with Crippen molar-refractivity contribution in [2.45, 2.75) is 347 Å². The van der Waals surface area contributed by atoms with Crippen LogP contribution < -0.4 is 5.32 Å². The van der Waals surface area contributed by atoms with Gasteiger partial charge in [0.1, 0.15) is 0 Å². The lowest BCUT2D eigenvalue weighted by Gasteiger charge is -2.22. The predicted octanol–water partition coefficient (Wildman–Crippen LogP) is 19.6. The number of carbonyl (C=O) groups excluding carboxylic acids is 2. The molecule has 0 rings (SSSR count). The molecule has 70 heavy (non-hydrogen) atoms. The predicted molar refractivity (Wildman–Crippen MR) is 306 cm³/mol. The van der Waals surface area contributed by atoms with E-state index in [9.17, 15) is 19.8 Å². The van der Waals surface area contributed by atoms with Gasteiger partial charge >= 0.3 is 5.97 Å². The van der Waals surface area contributed by atoms with E-state index in [1.165, 1.54) is 250 Å². The summed E-state index contributed by atoms with van der Waals surface area (Å²) in [6, 6.07) is -0.541. The van der Waals surface area contributed by atoms with E-state index in [1.807, 2.05) is 0 Å². The van der Waals surface area contributed by atoms with Crippen molar-refractivity contribution in [3.8, 4) is 0 Å². The maximum Gasteiger partial charge on any atom is 0.305 e. The molecular weight excluding hydrogens is 863 g/mol. The standard InChI is InChI=1S/C64H121NO5/c1-3-5-7-9-11-13-15-36-40-44-48-52-56-62(67)61(60-66)65-63(68)57-53-49-45-41-37-34-32-30-28-26-24-22-20-18-17-19-21-23-25-27-29-31-33-35-39-43-47-51-55-59-70-64(69)58-54-50-46-42-38-16-14-12-10-8-6-4-2/h12,14,17,19,23,25,61-62,66-67H,3-11,13,15-16,18,20-22,24,26-60H2,1-2H3,(H,65,68)/b14-12-,19-17-,25-23-. The number of unbranched alkanes of at least 4 members (excludes halogenated alkanes) is 41. The normalized spacial score (nSPS) is 12.8. The molecule has 0 aliphatic carbocycles. The molecule has 6 nitrogen and oxygen atoms in total. The molecule has 2 atom stereocenters. The topological polar surface area (TPSA) is 95.9 Å². The second-order valence-corrected chi connectivity index (χ2v) is 21.4. The minimum Gasteiger partial charge on any atom is -0.466 e. The maximum atomic E-state index is 12.5. The van der Waals surface area contributed by atoms with Gasteiger partial charge < -0.3 is 20.3 Å². The fraction of sp³-hybridized carbons (Fsp3) is 0.875. The zero-order valence-corrected chi connectivity index (χ0v) is 47.0. The molecule has 0 spiro atoms. The van der Waals surface area contributed by atoms with Crippen molar-refractivity contribution < 1.29 is 24.5 Å². The van der Waals surface area contributed by atoms with Gasteiger partial charge in [-0.25, -0.2) is 0 Å². The molecule has 0 bridgehead atoms. The first-order chi connectivity index (χ1) is 34.5. The number of hydrogen-bond acceptors (Lipinski definition) is 5. The number of aliphatic hydroxyl groups excluding tert-OH is 2. The van der Waals surface area contributed by atoms with Crippen molar-refractivity contribution in [2.75, 3.05) is 13.2 Å². The highest BCUT2D eigenvalue weighted by Gasteiger charge is 2.20. The van der Waals surface area contributed by atoms with Crippen LogP contribution in [0.25, 0.3) is 0 Å². The molecule has 0 fully saturated rings. The Hall–Kier alpha value is -1.92. The molecule has 0 heterocycles. The average molecular weight is 985 g/mol. The Kier molecular flexibility index (Phi) is 58.0. The quantitative estimate of drug-likeness (QED) is 0.0321. The van der Waals surface area contributed by atoms with E-state index in [1.54, 1.807) is 0 Å². The summed E-state index contributed by atoms with van der Waals surface area (Å²) in [4.78, 5) is 24.5. The van der Waals surface area contributed by atoms with Gasteiger partial charge in [0.15, 0.2) is 0 Å². The highest BCUT2D eigenvalue weighted by atomic mass is 16.5. The summed E-state index contributed by atoms with van der Waals surface area (Å²) >= 11 is 0. The van der Waals surface area contributed by atoms with E-state index in [0.717, 1.165) is 51.4 Å². The van der Waals surface area contributed by atoms with E-state index in [2.05, 4.69) is 55.6 Å². The second-order valence-electron chi connectivity index (χ2n) is 21.4. The summed E-state index contributed by atoms with van der Waals surface area (Å²) in [5, 5.41) is 23.2. The summed E-state index contributed by atoms with van der Waals surface area (Å²) < 4.78 is 5.46. The van der Waals surface area contributed by atoms with E-state index in [4.69, 9.17) is 4.74 Å². The van der Waals surface area contributed by atoms with Crippen LogP contribution in [-0.2, 0) is 14.3 Å². The molecule has 0 aliphatic heterocycles.